The quantitative estimate of drug-likeness (QED) is 0.165. The molecule has 0 heterocycles. The van der Waals surface area contributed by atoms with Crippen LogP contribution in [0.15, 0.2) is 48.5 Å². The summed E-state index contributed by atoms with van der Waals surface area (Å²) >= 11 is 0. The van der Waals surface area contributed by atoms with Crippen LogP contribution < -0.4 is 0 Å². The second-order valence-corrected chi connectivity index (χ2v) is 9.72. The Labute approximate surface area is 208 Å². The first-order chi connectivity index (χ1) is 16.5. The molecule has 0 aliphatic rings. The zero-order valence-electron chi connectivity index (χ0n) is 21.1. The van der Waals surface area contributed by atoms with Crippen LogP contribution in [0, 0.1) is 0 Å². The predicted molar refractivity (Wildman–Crippen MR) is 126 cm³/mol. The van der Waals surface area contributed by atoms with E-state index in [1.807, 2.05) is 0 Å². The number of carbonyl (C=O) groups is 4. The van der Waals surface area contributed by atoms with Crippen LogP contribution in [0.4, 0.5) is 0 Å². The first-order valence-corrected chi connectivity index (χ1v) is 11.3. The average molecular weight is 501 g/mol. The van der Waals surface area contributed by atoms with Crippen molar-refractivity contribution in [2.75, 3.05) is 0 Å². The van der Waals surface area contributed by atoms with Gasteiger partial charge in [-0.05, 0) is 25.0 Å². The van der Waals surface area contributed by atoms with E-state index >= 15 is 0 Å². The second kappa shape index (κ2) is 10.3. The summed E-state index contributed by atoms with van der Waals surface area (Å²) in [7, 11) is 0. The number of hydrogen-bond acceptors (Lipinski definition) is 4. The van der Waals surface area contributed by atoms with Crippen molar-refractivity contribution in [2.24, 2.45) is 0 Å². The smallest absolute Gasteiger partial charge is 0.339 e. The number of carbonyl (C=O) groups excluding carboxylic acids is 2. The maximum atomic E-state index is 13.2. The zero-order chi connectivity index (χ0) is 27.6. The summed E-state index contributed by atoms with van der Waals surface area (Å²) in [6.45, 7) is 8.46. The number of carboxylic acid groups (broad SMARTS) is 2. The Bertz CT molecular complexity index is 1120. The van der Waals surface area contributed by atoms with E-state index < -0.39 is 46.4 Å². The van der Waals surface area contributed by atoms with Crippen LogP contribution in [0.5, 0.6) is 0 Å². The van der Waals surface area contributed by atoms with E-state index in [0.29, 0.717) is 11.1 Å². The Kier molecular flexibility index (Phi) is 8.03. The SMILES string of the molecule is CC(C(=O)O)c1ccc(C(=O)C(C)(C)/[N+](O)=[N+](\O)C(C)(C)C(=O)c2ccc(C(C)C(=O)O)cc2)cc1. The van der Waals surface area contributed by atoms with Gasteiger partial charge in [-0.15, -0.1) is 0 Å². The van der Waals surface area contributed by atoms with Gasteiger partial charge in [0.05, 0.1) is 11.8 Å². The van der Waals surface area contributed by atoms with Gasteiger partial charge in [0.2, 0.25) is 11.6 Å². The Morgan fingerprint density at radius 2 is 0.861 bits per heavy atom. The van der Waals surface area contributed by atoms with E-state index in [1.165, 1.54) is 90.1 Å². The molecule has 0 saturated heterocycles. The van der Waals surface area contributed by atoms with Gasteiger partial charge in [0.1, 0.15) is 0 Å². The van der Waals surface area contributed by atoms with Gasteiger partial charge in [0, 0.05) is 38.8 Å². The highest BCUT2D eigenvalue weighted by Gasteiger charge is 2.57. The molecule has 2 unspecified atom stereocenters. The topological polar surface area (TPSA) is 155 Å². The number of azo groups is 1. The molecule has 36 heavy (non-hydrogen) atoms. The third-order valence-electron chi connectivity index (χ3n) is 6.38. The summed E-state index contributed by atoms with van der Waals surface area (Å²) in [5.41, 5.74) is -2.10. The lowest BCUT2D eigenvalue weighted by Gasteiger charge is -2.16. The normalized spacial score (nSPS) is 14.4. The number of nitrogens with zero attached hydrogens (tertiary/aromatic N) is 2. The van der Waals surface area contributed by atoms with Gasteiger partial charge in [0.15, 0.2) is 0 Å². The van der Waals surface area contributed by atoms with Crippen molar-refractivity contribution in [1.29, 1.82) is 0 Å². The van der Waals surface area contributed by atoms with Crippen molar-refractivity contribution >= 4 is 23.5 Å². The van der Waals surface area contributed by atoms with Crippen LogP contribution in [0.2, 0.25) is 0 Å². The maximum Gasteiger partial charge on any atom is 0.339 e. The molecule has 0 radical (unpaired) electrons. The molecule has 0 aromatic heterocycles. The van der Waals surface area contributed by atoms with Crippen LogP contribution >= 0.6 is 0 Å². The van der Waals surface area contributed by atoms with Crippen molar-refractivity contribution in [3.8, 4) is 0 Å². The minimum atomic E-state index is -1.72. The second-order valence-electron chi connectivity index (χ2n) is 9.72. The van der Waals surface area contributed by atoms with Crippen molar-refractivity contribution in [2.45, 2.75) is 64.5 Å². The molecule has 192 valence electrons. The molecule has 0 aliphatic heterocycles. The summed E-state index contributed by atoms with van der Waals surface area (Å²) in [4.78, 5) is 49.2. The molecule has 10 heteroatoms. The number of ketones is 2. The number of aliphatic carboxylic acids is 2. The van der Waals surface area contributed by atoms with Gasteiger partial charge >= 0.3 is 23.0 Å². The number of rotatable bonds is 10. The molecule has 0 fully saturated rings. The van der Waals surface area contributed by atoms with Gasteiger partial charge in [-0.2, -0.15) is 0 Å². The maximum absolute atomic E-state index is 13.2. The summed E-state index contributed by atoms with van der Waals surface area (Å²) in [5, 5.41) is 39.9. The van der Waals surface area contributed by atoms with Gasteiger partial charge in [-0.25, -0.2) is 10.4 Å². The van der Waals surface area contributed by atoms with E-state index in [0.717, 1.165) is 0 Å². The predicted octanol–water partition coefficient (Wildman–Crippen LogP) is 3.94. The highest BCUT2D eigenvalue weighted by molar-refractivity contribution is 6.02. The van der Waals surface area contributed by atoms with Crippen LogP contribution in [-0.2, 0) is 9.59 Å². The molecule has 2 aromatic rings. The lowest BCUT2D eigenvalue weighted by molar-refractivity contribution is -1.24. The van der Waals surface area contributed by atoms with Crippen molar-refractivity contribution in [3.05, 3.63) is 70.8 Å². The third kappa shape index (κ3) is 5.42. The summed E-state index contributed by atoms with van der Waals surface area (Å²) < 4.78 is 0. The molecule has 2 atom stereocenters. The molecule has 0 spiro atoms. The standard InChI is InChI=1S/C26H30N2O8/c1-15(23(31)32)17-7-11-19(12-8-17)21(29)25(3,4)27(35)28(36)26(5,6)22(30)20-13-9-18(10-14-20)16(2)24(33)34/h7-16H,1-6H3,(H2-2,31,32,33,34,35,36)/p+2/b28-27+. The van der Waals surface area contributed by atoms with Crippen molar-refractivity contribution in [3.63, 3.8) is 0 Å². The Hall–Kier alpha value is -4.08. The number of hydrogen-bond donors (Lipinski definition) is 4. The molecule has 10 nitrogen and oxygen atoms in total. The molecule has 0 bridgehead atoms. The Morgan fingerprint density at radius 1 is 0.611 bits per heavy atom. The number of carboxylic acids is 2. The minimum absolute atomic E-state index is 0.168. The van der Waals surface area contributed by atoms with Crippen LogP contribution in [-0.4, -0.2) is 64.9 Å². The molecule has 2 rings (SSSR count). The van der Waals surface area contributed by atoms with E-state index in [9.17, 15) is 29.6 Å². The summed E-state index contributed by atoms with van der Waals surface area (Å²) in [6, 6.07) is 11.8. The third-order valence-corrected chi connectivity index (χ3v) is 6.38. The van der Waals surface area contributed by atoms with Gasteiger partial charge in [-0.3, -0.25) is 19.2 Å². The first kappa shape index (κ1) is 28.2. The molecular formula is C26H32N2O8+2. The molecule has 2 aromatic carbocycles. The van der Waals surface area contributed by atoms with E-state index in [2.05, 4.69) is 0 Å². The Morgan fingerprint density at radius 3 is 1.08 bits per heavy atom. The van der Waals surface area contributed by atoms with Gasteiger partial charge < -0.3 is 10.2 Å². The first-order valence-electron chi connectivity index (χ1n) is 11.3. The zero-order valence-corrected chi connectivity index (χ0v) is 21.1. The molecule has 4 N–H and O–H groups in total. The number of benzene rings is 2. The molecule has 0 saturated carbocycles. The monoisotopic (exact) mass is 500 g/mol. The fraction of sp³-hybridized carbons (Fsp3) is 0.385. The van der Waals surface area contributed by atoms with Gasteiger partial charge in [0.25, 0.3) is 9.72 Å². The highest BCUT2D eigenvalue weighted by atomic mass is 16.6. The minimum Gasteiger partial charge on any atom is -0.481 e. The highest BCUT2D eigenvalue weighted by Crippen LogP contribution is 2.24. The average Bonchev–Trinajstić information content (AvgIpc) is 2.85. The van der Waals surface area contributed by atoms with E-state index in [-0.39, 0.29) is 20.8 Å². The molecule has 0 aliphatic carbocycles. The van der Waals surface area contributed by atoms with Gasteiger partial charge in [-0.1, -0.05) is 48.5 Å². The largest absolute Gasteiger partial charge is 0.481 e. The number of Topliss-reactive ketones (excluding diaryl/α,β-unsaturated/α-hetero) is 2. The van der Waals surface area contributed by atoms with Crippen molar-refractivity contribution < 1.29 is 49.5 Å². The van der Waals surface area contributed by atoms with Crippen LogP contribution in [0.25, 0.3) is 0 Å². The summed E-state index contributed by atoms with van der Waals surface area (Å²) in [5.74, 6) is -4.73. The van der Waals surface area contributed by atoms with Crippen LogP contribution in [0.3, 0.4) is 0 Å². The van der Waals surface area contributed by atoms with E-state index in [4.69, 9.17) is 10.2 Å². The molecule has 0 amide bonds. The lowest BCUT2D eigenvalue weighted by Crippen LogP contribution is -2.53. The fourth-order valence-corrected chi connectivity index (χ4v) is 3.49. The number of hydroxylamine groups is 2. The molecular weight excluding hydrogens is 468 g/mol. The Balaban J connectivity index is 2.36. The van der Waals surface area contributed by atoms with E-state index in [1.54, 1.807) is 0 Å². The fourth-order valence-electron chi connectivity index (χ4n) is 3.49. The van der Waals surface area contributed by atoms with Crippen LogP contribution in [0.1, 0.15) is 85.2 Å². The lowest BCUT2D eigenvalue weighted by atomic mass is 9.90. The summed E-state index contributed by atoms with van der Waals surface area (Å²) in [6.07, 6.45) is 0. The van der Waals surface area contributed by atoms with Crippen molar-refractivity contribution in [1.82, 2.24) is 0 Å².